The number of nitriles is 1. The molecule has 0 fully saturated rings. The van der Waals surface area contributed by atoms with Crippen LogP contribution < -0.4 is 5.32 Å². The maximum Gasteiger partial charge on any atom is 0.416 e. The summed E-state index contributed by atoms with van der Waals surface area (Å²) in [4.78, 5) is 10.2. The maximum atomic E-state index is 12.4. The summed E-state index contributed by atoms with van der Waals surface area (Å²) in [6, 6.07) is 4.38. The molecule has 0 aliphatic rings. The summed E-state index contributed by atoms with van der Waals surface area (Å²) in [7, 11) is 0. The van der Waals surface area contributed by atoms with Gasteiger partial charge in [0.25, 0.3) is 0 Å². The fourth-order valence-electron chi connectivity index (χ4n) is 1.30. The SMILES string of the molecule is N#Cc1cc(C(F)(F)F)ccc1NC/C=C/C(=O)O. The fraction of sp³-hybridized carbons (Fsp3) is 0.167. The van der Waals surface area contributed by atoms with E-state index in [1.165, 1.54) is 6.08 Å². The Balaban J connectivity index is 2.86. The molecule has 19 heavy (non-hydrogen) atoms. The van der Waals surface area contributed by atoms with Gasteiger partial charge in [0.2, 0.25) is 0 Å². The van der Waals surface area contributed by atoms with E-state index < -0.39 is 17.7 Å². The van der Waals surface area contributed by atoms with E-state index in [1.54, 1.807) is 6.07 Å². The van der Waals surface area contributed by atoms with Gasteiger partial charge in [-0.15, -0.1) is 0 Å². The van der Waals surface area contributed by atoms with Crippen molar-refractivity contribution in [3.63, 3.8) is 0 Å². The van der Waals surface area contributed by atoms with E-state index in [4.69, 9.17) is 10.4 Å². The lowest BCUT2D eigenvalue weighted by Gasteiger charge is -2.10. The van der Waals surface area contributed by atoms with E-state index in [-0.39, 0.29) is 17.8 Å². The van der Waals surface area contributed by atoms with Crippen LogP contribution in [0.2, 0.25) is 0 Å². The average molecular weight is 270 g/mol. The molecule has 100 valence electrons. The Labute approximate surface area is 106 Å². The van der Waals surface area contributed by atoms with Crippen LogP contribution in [-0.4, -0.2) is 17.6 Å². The number of carboxylic acid groups (broad SMARTS) is 1. The van der Waals surface area contributed by atoms with Gasteiger partial charge in [0, 0.05) is 12.6 Å². The highest BCUT2D eigenvalue weighted by atomic mass is 19.4. The molecule has 0 aliphatic heterocycles. The molecule has 0 radical (unpaired) electrons. The molecule has 0 unspecified atom stereocenters. The molecular formula is C12H9F3N2O2. The lowest BCUT2D eigenvalue weighted by Crippen LogP contribution is -2.07. The summed E-state index contributed by atoms with van der Waals surface area (Å²) in [5.41, 5.74) is -0.847. The van der Waals surface area contributed by atoms with Crippen molar-refractivity contribution in [1.82, 2.24) is 0 Å². The highest BCUT2D eigenvalue weighted by Gasteiger charge is 2.30. The maximum absolute atomic E-state index is 12.4. The molecular weight excluding hydrogens is 261 g/mol. The molecule has 0 saturated heterocycles. The molecule has 0 atom stereocenters. The molecule has 4 nitrogen and oxygen atoms in total. The van der Waals surface area contributed by atoms with Crippen LogP contribution in [0.15, 0.2) is 30.4 Å². The van der Waals surface area contributed by atoms with Crippen molar-refractivity contribution < 1.29 is 23.1 Å². The van der Waals surface area contributed by atoms with Gasteiger partial charge in [-0.25, -0.2) is 4.79 Å². The number of benzene rings is 1. The first-order valence-corrected chi connectivity index (χ1v) is 5.09. The predicted molar refractivity (Wildman–Crippen MR) is 61.4 cm³/mol. The van der Waals surface area contributed by atoms with Crippen LogP contribution in [0.4, 0.5) is 18.9 Å². The van der Waals surface area contributed by atoms with Gasteiger partial charge < -0.3 is 10.4 Å². The van der Waals surface area contributed by atoms with Crippen LogP contribution in [0.5, 0.6) is 0 Å². The van der Waals surface area contributed by atoms with Crippen molar-refractivity contribution in [3.8, 4) is 6.07 Å². The topological polar surface area (TPSA) is 73.1 Å². The molecule has 0 amide bonds. The monoisotopic (exact) mass is 270 g/mol. The van der Waals surface area contributed by atoms with Crippen molar-refractivity contribution in [1.29, 1.82) is 5.26 Å². The Morgan fingerprint density at radius 1 is 1.47 bits per heavy atom. The van der Waals surface area contributed by atoms with Gasteiger partial charge in [0.1, 0.15) is 6.07 Å². The Kier molecular flexibility index (Phi) is 4.53. The Hall–Kier alpha value is -2.49. The lowest BCUT2D eigenvalue weighted by molar-refractivity contribution is -0.137. The Bertz CT molecular complexity index is 545. The third-order valence-corrected chi connectivity index (χ3v) is 2.14. The molecule has 0 aromatic heterocycles. The second-order valence-corrected chi connectivity index (χ2v) is 3.49. The number of carbonyl (C=O) groups is 1. The average Bonchev–Trinajstić information content (AvgIpc) is 2.33. The van der Waals surface area contributed by atoms with E-state index in [0.29, 0.717) is 0 Å². The first kappa shape index (κ1) is 14.6. The number of halogens is 3. The molecule has 0 heterocycles. The number of hydrogen-bond donors (Lipinski definition) is 2. The largest absolute Gasteiger partial charge is 0.478 e. The minimum atomic E-state index is -4.51. The van der Waals surface area contributed by atoms with E-state index in [2.05, 4.69) is 5.32 Å². The summed E-state index contributed by atoms with van der Waals surface area (Å²) < 4.78 is 37.3. The van der Waals surface area contributed by atoms with Crippen molar-refractivity contribution >= 4 is 11.7 Å². The number of alkyl halides is 3. The summed E-state index contributed by atoms with van der Waals surface area (Å²) in [6.07, 6.45) is -2.34. The second kappa shape index (κ2) is 5.91. The molecule has 7 heteroatoms. The zero-order valence-corrected chi connectivity index (χ0v) is 9.53. The minimum Gasteiger partial charge on any atom is -0.478 e. The van der Waals surface area contributed by atoms with Gasteiger partial charge in [-0.1, -0.05) is 6.08 Å². The third-order valence-electron chi connectivity index (χ3n) is 2.14. The fourth-order valence-corrected chi connectivity index (χ4v) is 1.30. The molecule has 0 aliphatic carbocycles. The molecule has 0 bridgehead atoms. The summed E-state index contributed by atoms with van der Waals surface area (Å²) in [5.74, 6) is -1.13. The van der Waals surface area contributed by atoms with Crippen LogP contribution in [0.1, 0.15) is 11.1 Å². The highest BCUT2D eigenvalue weighted by Crippen LogP contribution is 2.31. The minimum absolute atomic E-state index is 0.0896. The Morgan fingerprint density at radius 3 is 2.68 bits per heavy atom. The van der Waals surface area contributed by atoms with Crippen LogP contribution in [0, 0.1) is 11.3 Å². The molecule has 1 rings (SSSR count). The third kappa shape index (κ3) is 4.35. The van der Waals surface area contributed by atoms with Gasteiger partial charge in [0.15, 0.2) is 0 Å². The van der Waals surface area contributed by atoms with Crippen LogP contribution >= 0.6 is 0 Å². The van der Waals surface area contributed by atoms with Crippen LogP contribution in [-0.2, 0) is 11.0 Å². The van der Waals surface area contributed by atoms with Crippen molar-refractivity contribution in [2.75, 3.05) is 11.9 Å². The first-order chi connectivity index (χ1) is 8.84. The first-order valence-electron chi connectivity index (χ1n) is 5.09. The molecule has 0 saturated carbocycles. The van der Waals surface area contributed by atoms with Gasteiger partial charge in [-0.3, -0.25) is 0 Å². The van der Waals surface area contributed by atoms with E-state index in [1.807, 2.05) is 0 Å². The van der Waals surface area contributed by atoms with Crippen molar-refractivity contribution in [2.24, 2.45) is 0 Å². The number of anilines is 1. The van der Waals surface area contributed by atoms with Crippen molar-refractivity contribution in [2.45, 2.75) is 6.18 Å². The number of nitrogens with zero attached hydrogens (tertiary/aromatic N) is 1. The predicted octanol–water partition coefficient (Wildman–Crippen LogP) is 2.63. The van der Waals surface area contributed by atoms with Gasteiger partial charge in [-0.05, 0) is 18.2 Å². The number of rotatable bonds is 4. The number of aliphatic carboxylic acids is 1. The van der Waals surface area contributed by atoms with E-state index in [0.717, 1.165) is 24.3 Å². The molecule has 1 aromatic carbocycles. The lowest BCUT2D eigenvalue weighted by atomic mass is 10.1. The molecule has 1 aromatic rings. The summed E-state index contributed by atoms with van der Waals surface area (Å²) in [5, 5.41) is 19.8. The van der Waals surface area contributed by atoms with Crippen LogP contribution in [0.3, 0.4) is 0 Å². The molecule has 0 spiro atoms. The standard InChI is InChI=1S/C12H9F3N2O2/c13-12(14,15)9-3-4-10(8(6-9)7-16)17-5-1-2-11(18)19/h1-4,6,17H,5H2,(H,18,19)/b2-1+. The van der Waals surface area contributed by atoms with E-state index in [9.17, 15) is 18.0 Å². The smallest absolute Gasteiger partial charge is 0.416 e. The zero-order valence-electron chi connectivity index (χ0n) is 9.53. The normalized spacial score (nSPS) is 11.3. The highest BCUT2D eigenvalue weighted by molar-refractivity contribution is 5.79. The van der Waals surface area contributed by atoms with E-state index >= 15 is 0 Å². The van der Waals surface area contributed by atoms with Crippen LogP contribution in [0.25, 0.3) is 0 Å². The number of hydrogen-bond acceptors (Lipinski definition) is 3. The zero-order chi connectivity index (χ0) is 14.5. The quantitative estimate of drug-likeness (QED) is 0.825. The molecule has 2 N–H and O–H groups in total. The van der Waals surface area contributed by atoms with Gasteiger partial charge in [0.05, 0.1) is 16.8 Å². The Morgan fingerprint density at radius 2 is 2.16 bits per heavy atom. The van der Waals surface area contributed by atoms with Gasteiger partial charge >= 0.3 is 12.1 Å². The second-order valence-electron chi connectivity index (χ2n) is 3.49. The van der Waals surface area contributed by atoms with Crippen molar-refractivity contribution in [3.05, 3.63) is 41.5 Å². The van der Waals surface area contributed by atoms with Gasteiger partial charge in [-0.2, -0.15) is 18.4 Å². The number of nitrogens with one attached hydrogen (secondary N) is 1. The summed E-state index contributed by atoms with van der Waals surface area (Å²) in [6.45, 7) is 0.0896. The summed E-state index contributed by atoms with van der Waals surface area (Å²) >= 11 is 0. The number of carboxylic acids is 1.